The molecule has 10 heteroatoms. The van der Waals surface area contributed by atoms with Crippen LogP contribution in [0.5, 0.6) is 0 Å². The maximum atomic E-state index is 12.9. The monoisotopic (exact) mass is 1210 g/mol. The summed E-state index contributed by atoms with van der Waals surface area (Å²) in [5.41, 5.74) is 0. The molecule has 0 heterocycles. The molecule has 2 atom stereocenters. The van der Waals surface area contributed by atoms with Gasteiger partial charge in [0.05, 0.1) is 27.7 Å². The average molecular weight is 1220 g/mol. The number of carbonyl (C=O) groups excluding carboxylic acids is 2. The topological polar surface area (TPSA) is 108 Å². The summed E-state index contributed by atoms with van der Waals surface area (Å²) in [6, 6.07) is 0. The smallest absolute Gasteiger partial charge is 0.462 e. The van der Waals surface area contributed by atoms with Crippen LogP contribution in [0.25, 0.3) is 0 Å². The summed E-state index contributed by atoms with van der Waals surface area (Å²) in [7, 11) is 1.46. The van der Waals surface area contributed by atoms with Gasteiger partial charge in [-0.05, 0) is 116 Å². The van der Waals surface area contributed by atoms with Gasteiger partial charge in [-0.25, -0.2) is 4.57 Å². The summed E-state index contributed by atoms with van der Waals surface area (Å²) in [5.74, 6) is -0.804. The lowest BCUT2D eigenvalue weighted by atomic mass is 10.0. The van der Waals surface area contributed by atoms with E-state index in [0.717, 1.165) is 116 Å². The third kappa shape index (κ3) is 69.0. The summed E-state index contributed by atoms with van der Waals surface area (Å²) in [5, 5.41) is 0. The van der Waals surface area contributed by atoms with Crippen LogP contribution in [0.15, 0.2) is 146 Å². The Morgan fingerprint density at radius 1 is 0.360 bits per heavy atom. The lowest BCUT2D eigenvalue weighted by Crippen LogP contribution is -2.37. The van der Waals surface area contributed by atoms with Gasteiger partial charge in [0, 0.05) is 12.8 Å². The molecule has 0 aliphatic carbocycles. The first-order chi connectivity index (χ1) is 42.0. The van der Waals surface area contributed by atoms with Gasteiger partial charge in [0.2, 0.25) is 0 Å². The van der Waals surface area contributed by atoms with Gasteiger partial charge >= 0.3 is 19.8 Å². The van der Waals surface area contributed by atoms with E-state index in [0.29, 0.717) is 17.4 Å². The average Bonchev–Trinajstić information content (AvgIpc) is 3.67. The van der Waals surface area contributed by atoms with Crippen LogP contribution in [0.1, 0.15) is 271 Å². The van der Waals surface area contributed by atoms with E-state index in [-0.39, 0.29) is 32.0 Å². The first-order valence-corrected chi connectivity index (χ1v) is 36.1. The van der Waals surface area contributed by atoms with Crippen LogP contribution in [0.3, 0.4) is 0 Å². The van der Waals surface area contributed by atoms with Crippen molar-refractivity contribution >= 4 is 19.8 Å². The standard InChI is InChI=1S/C76H128NO8P/c1-6-8-10-12-14-16-18-20-22-24-26-28-30-32-33-34-35-36-37-38-39-40-41-42-43-45-47-49-51-53-55-57-59-61-63-65-67-69-76(79)85-74(73-84-86(80,81)83-71-70-77(3,4)5)72-82-75(78)68-66-64-62-60-58-56-54-52-50-48-46-44-31-29-27-25-23-21-19-17-15-13-11-9-7-2/h8-11,14-17,20-23,26-29,32-33,35-36,38-39,41-42,74H,6-7,12-13,18-19,24-25,30-31,34,37,40,43-73H2,1-5H3/p+1/b10-8-,11-9-,16-14-,17-15-,22-20-,23-21-,28-26-,29-27-,33-32-,36-35-,39-38-,42-41-. The second kappa shape index (κ2) is 65.3. The molecule has 0 spiro atoms. The van der Waals surface area contributed by atoms with Crippen molar-refractivity contribution in [3.8, 4) is 0 Å². The zero-order chi connectivity index (χ0) is 62.6. The van der Waals surface area contributed by atoms with E-state index >= 15 is 0 Å². The maximum Gasteiger partial charge on any atom is 0.472 e. The third-order valence-corrected chi connectivity index (χ3v) is 15.3. The summed E-state index contributed by atoms with van der Waals surface area (Å²) in [6.45, 7) is 4.21. The molecule has 0 aliphatic rings. The molecule has 490 valence electrons. The fourth-order valence-electron chi connectivity index (χ4n) is 9.14. The number of likely N-dealkylation sites (N-methyl/N-ethyl adjacent to an activating group) is 1. The first kappa shape index (κ1) is 81.9. The third-order valence-electron chi connectivity index (χ3n) is 14.4. The van der Waals surface area contributed by atoms with Crippen LogP contribution in [0.4, 0.5) is 0 Å². The van der Waals surface area contributed by atoms with Gasteiger partial charge in [-0.15, -0.1) is 0 Å². The molecular formula is C76H129NO8P+. The van der Waals surface area contributed by atoms with Gasteiger partial charge in [0.1, 0.15) is 19.8 Å². The Labute approximate surface area is 529 Å². The minimum absolute atomic E-state index is 0.0249. The van der Waals surface area contributed by atoms with Crippen LogP contribution in [-0.2, 0) is 32.7 Å². The first-order valence-electron chi connectivity index (χ1n) is 34.6. The summed E-state index contributed by atoms with van der Waals surface area (Å²) >= 11 is 0. The predicted molar refractivity (Wildman–Crippen MR) is 371 cm³/mol. The highest BCUT2D eigenvalue weighted by Crippen LogP contribution is 2.43. The minimum Gasteiger partial charge on any atom is -0.462 e. The van der Waals surface area contributed by atoms with Gasteiger partial charge in [-0.1, -0.05) is 288 Å². The van der Waals surface area contributed by atoms with E-state index in [4.69, 9.17) is 18.5 Å². The number of unbranched alkanes of at least 4 members (excludes halogenated alkanes) is 24. The van der Waals surface area contributed by atoms with Crippen molar-refractivity contribution in [2.24, 2.45) is 0 Å². The van der Waals surface area contributed by atoms with Crippen molar-refractivity contribution in [1.82, 2.24) is 0 Å². The van der Waals surface area contributed by atoms with E-state index in [1.54, 1.807) is 0 Å². The molecule has 0 amide bonds. The van der Waals surface area contributed by atoms with E-state index in [9.17, 15) is 19.0 Å². The second-order valence-electron chi connectivity index (χ2n) is 23.8. The largest absolute Gasteiger partial charge is 0.472 e. The number of ether oxygens (including phenoxy) is 2. The highest BCUT2D eigenvalue weighted by atomic mass is 31.2. The number of phosphoric ester groups is 1. The number of hydrogen-bond acceptors (Lipinski definition) is 7. The molecular weight excluding hydrogens is 1090 g/mol. The minimum atomic E-state index is -4.40. The molecule has 0 aromatic heterocycles. The number of hydrogen-bond donors (Lipinski definition) is 1. The lowest BCUT2D eigenvalue weighted by molar-refractivity contribution is -0.870. The number of phosphoric acid groups is 1. The van der Waals surface area contributed by atoms with E-state index in [1.165, 1.54) is 122 Å². The number of carbonyl (C=O) groups is 2. The molecule has 9 nitrogen and oxygen atoms in total. The van der Waals surface area contributed by atoms with Crippen molar-refractivity contribution in [2.75, 3.05) is 47.5 Å². The second-order valence-corrected chi connectivity index (χ2v) is 25.3. The van der Waals surface area contributed by atoms with Crippen molar-refractivity contribution in [3.05, 3.63) is 146 Å². The predicted octanol–water partition coefficient (Wildman–Crippen LogP) is 22.6. The summed E-state index contributed by atoms with van der Waals surface area (Å²) in [6.07, 6.45) is 96.5. The number of nitrogens with zero attached hydrogens (tertiary/aromatic N) is 1. The van der Waals surface area contributed by atoms with Crippen LogP contribution in [0, 0.1) is 0 Å². The molecule has 0 aliphatic heterocycles. The van der Waals surface area contributed by atoms with Gasteiger partial charge in [-0.2, -0.15) is 0 Å². The Morgan fingerprint density at radius 3 is 0.930 bits per heavy atom. The lowest BCUT2D eigenvalue weighted by Gasteiger charge is -2.24. The van der Waals surface area contributed by atoms with Crippen molar-refractivity contribution in [2.45, 2.75) is 277 Å². The Bertz CT molecular complexity index is 1960. The molecule has 0 fully saturated rings. The Balaban J connectivity index is 4.09. The van der Waals surface area contributed by atoms with E-state index < -0.39 is 26.5 Å². The van der Waals surface area contributed by atoms with Gasteiger partial charge < -0.3 is 18.9 Å². The fourth-order valence-corrected chi connectivity index (χ4v) is 9.88. The van der Waals surface area contributed by atoms with E-state index in [1.807, 2.05) is 21.1 Å². The van der Waals surface area contributed by atoms with Crippen molar-refractivity contribution in [1.29, 1.82) is 0 Å². The fraction of sp³-hybridized carbons (Fsp3) is 0.658. The Kier molecular flexibility index (Phi) is 62.2. The van der Waals surface area contributed by atoms with Gasteiger partial charge in [0.15, 0.2) is 6.10 Å². The number of esters is 2. The normalized spacial score (nSPS) is 14.1. The SMILES string of the molecule is CC/C=C\C/C=C\C/C=C\C/C=C\C/C=C\C/C=C\C/C=C\C/C=C\CCCCCCCCCCCCCCC(=O)OC(COC(=O)CCCCCCCCCCCCCC/C=C\C/C=C\C/C=C\C/C=C\CC)COP(=O)(O)OCC[N+](C)(C)C. The molecule has 1 N–H and O–H groups in total. The zero-order valence-electron chi connectivity index (χ0n) is 55.7. The Hall–Kier alpha value is -4.11. The van der Waals surface area contributed by atoms with Crippen LogP contribution < -0.4 is 0 Å². The molecule has 0 saturated carbocycles. The van der Waals surface area contributed by atoms with Crippen LogP contribution >= 0.6 is 7.82 Å². The molecule has 0 aromatic carbocycles. The highest BCUT2D eigenvalue weighted by Gasteiger charge is 2.27. The Morgan fingerprint density at radius 2 is 0.628 bits per heavy atom. The molecule has 0 rings (SSSR count). The quantitative estimate of drug-likeness (QED) is 0.0211. The van der Waals surface area contributed by atoms with Gasteiger partial charge in [-0.3, -0.25) is 18.6 Å². The number of rotatable bonds is 62. The van der Waals surface area contributed by atoms with E-state index in [2.05, 4.69) is 160 Å². The molecule has 0 saturated heterocycles. The summed E-state index contributed by atoms with van der Waals surface area (Å²) < 4.78 is 34.7. The zero-order valence-corrected chi connectivity index (χ0v) is 56.6. The summed E-state index contributed by atoms with van der Waals surface area (Å²) in [4.78, 5) is 35.9. The van der Waals surface area contributed by atoms with Crippen LogP contribution in [-0.4, -0.2) is 74.9 Å². The number of allylic oxidation sites excluding steroid dienone is 24. The van der Waals surface area contributed by atoms with Gasteiger partial charge in [0.25, 0.3) is 0 Å². The van der Waals surface area contributed by atoms with Crippen molar-refractivity contribution in [3.63, 3.8) is 0 Å². The molecule has 86 heavy (non-hydrogen) atoms. The molecule has 0 radical (unpaired) electrons. The number of quaternary nitrogens is 1. The highest BCUT2D eigenvalue weighted by molar-refractivity contribution is 7.47. The molecule has 0 aromatic rings. The van der Waals surface area contributed by atoms with Crippen LogP contribution in [0.2, 0.25) is 0 Å². The van der Waals surface area contributed by atoms with Crippen molar-refractivity contribution < 1.29 is 42.1 Å². The molecule has 0 bridgehead atoms. The molecule has 2 unspecified atom stereocenters. The maximum absolute atomic E-state index is 12.9.